The van der Waals surface area contributed by atoms with Crippen molar-refractivity contribution >= 4 is 21.6 Å². The number of hydrogen-bond donors (Lipinski definition) is 1. The van der Waals surface area contributed by atoms with Crippen LogP contribution in [0, 0.1) is 13.8 Å². The van der Waals surface area contributed by atoms with Crippen molar-refractivity contribution in [2.45, 2.75) is 52.7 Å². The topological polar surface area (TPSA) is 75.7 Å². The summed E-state index contributed by atoms with van der Waals surface area (Å²) in [5, 5.41) is 3.10. The molecule has 7 heteroatoms. The molecular weight excluding hydrogens is 400 g/mol. The minimum Gasteiger partial charge on any atom is -0.481 e. The number of aryl methyl sites for hydroxylation is 2. The summed E-state index contributed by atoms with van der Waals surface area (Å²) >= 11 is 0. The van der Waals surface area contributed by atoms with Crippen LogP contribution in [-0.2, 0) is 14.8 Å². The Morgan fingerprint density at radius 2 is 1.67 bits per heavy atom. The Bertz CT molecular complexity index is 971. The minimum atomic E-state index is -3.33. The number of sulfonamides is 1. The van der Waals surface area contributed by atoms with Gasteiger partial charge in [-0.3, -0.25) is 9.10 Å². The van der Waals surface area contributed by atoms with Gasteiger partial charge >= 0.3 is 0 Å². The molecule has 0 aliphatic carbocycles. The lowest BCUT2D eigenvalue weighted by atomic mass is 9.99. The molecule has 0 fully saturated rings. The van der Waals surface area contributed by atoms with Gasteiger partial charge in [-0.05, 0) is 67.6 Å². The first-order chi connectivity index (χ1) is 14.1. The van der Waals surface area contributed by atoms with Crippen LogP contribution in [-0.4, -0.2) is 33.7 Å². The summed E-state index contributed by atoms with van der Waals surface area (Å²) in [5.74, 6) is 0.349. The van der Waals surface area contributed by atoms with E-state index in [1.165, 1.54) is 22.5 Å². The van der Waals surface area contributed by atoms with Crippen molar-refractivity contribution in [3.05, 3.63) is 59.2 Å². The SMILES string of the molecule is CCC(Oc1ccc(N(C)S(C)(=O)=O)cc1)C(=O)NC(CC)c1ccc(C)c(C)c1. The van der Waals surface area contributed by atoms with Crippen molar-refractivity contribution in [1.29, 1.82) is 0 Å². The van der Waals surface area contributed by atoms with Gasteiger partial charge < -0.3 is 10.1 Å². The maximum Gasteiger partial charge on any atom is 0.261 e. The summed E-state index contributed by atoms with van der Waals surface area (Å²) in [6.45, 7) is 8.07. The first kappa shape index (κ1) is 23.7. The van der Waals surface area contributed by atoms with E-state index in [1.54, 1.807) is 24.3 Å². The zero-order valence-corrected chi connectivity index (χ0v) is 19.4. The zero-order valence-electron chi connectivity index (χ0n) is 18.6. The molecular formula is C23H32N2O4S. The number of hydrogen-bond acceptors (Lipinski definition) is 4. The Balaban J connectivity index is 2.09. The third-order valence-corrected chi connectivity index (χ3v) is 6.50. The van der Waals surface area contributed by atoms with Crippen LogP contribution in [0.15, 0.2) is 42.5 Å². The number of anilines is 1. The molecule has 0 radical (unpaired) electrons. The van der Waals surface area contributed by atoms with Crippen LogP contribution in [0.3, 0.4) is 0 Å². The molecule has 0 saturated carbocycles. The van der Waals surface area contributed by atoms with Gasteiger partial charge in [-0.1, -0.05) is 32.0 Å². The molecule has 0 aliphatic rings. The van der Waals surface area contributed by atoms with Gasteiger partial charge in [0.2, 0.25) is 10.0 Å². The number of ether oxygens (including phenoxy) is 1. The quantitative estimate of drug-likeness (QED) is 0.647. The molecule has 2 aromatic rings. The van der Waals surface area contributed by atoms with E-state index >= 15 is 0 Å². The van der Waals surface area contributed by atoms with E-state index in [0.717, 1.165) is 18.2 Å². The molecule has 0 aromatic heterocycles. The normalized spacial score (nSPS) is 13.4. The second kappa shape index (κ2) is 9.98. The Kier molecular flexibility index (Phi) is 7.89. The number of amides is 1. The first-order valence-corrected chi connectivity index (χ1v) is 12.0. The van der Waals surface area contributed by atoms with Crippen molar-refractivity contribution in [2.75, 3.05) is 17.6 Å². The first-order valence-electron chi connectivity index (χ1n) is 10.1. The Morgan fingerprint density at radius 1 is 1.03 bits per heavy atom. The lowest BCUT2D eigenvalue weighted by Crippen LogP contribution is -2.40. The summed E-state index contributed by atoms with van der Waals surface area (Å²) in [4.78, 5) is 12.9. The summed E-state index contributed by atoms with van der Waals surface area (Å²) in [5.41, 5.74) is 4.03. The molecule has 0 saturated heterocycles. The van der Waals surface area contributed by atoms with Crippen molar-refractivity contribution in [2.24, 2.45) is 0 Å². The van der Waals surface area contributed by atoms with E-state index < -0.39 is 16.1 Å². The Hall–Kier alpha value is -2.54. The van der Waals surface area contributed by atoms with Crippen LogP contribution in [0.1, 0.15) is 49.4 Å². The van der Waals surface area contributed by atoms with Gasteiger partial charge in [0.05, 0.1) is 18.0 Å². The molecule has 0 bridgehead atoms. The lowest BCUT2D eigenvalue weighted by molar-refractivity contribution is -0.128. The Labute approximate surface area is 180 Å². The predicted molar refractivity (Wildman–Crippen MR) is 121 cm³/mol. The summed E-state index contributed by atoms with van der Waals surface area (Å²) in [7, 11) is -1.84. The average molecular weight is 433 g/mol. The van der Waals surface area contributed by atoms with Gasteiger partial charge in [0, 0.05) is 7.05 Å². The second-order valence-corrected chi connectivity index (χ2v) is 9.57. The van der Waals surface area contributed by atoms with Crippen molar-refractivity contribution in [3.8, 4) is 5.75 Å². The smallest absolute Gasteiger partial charge is 0.261 e. The van der Waals surface area contributed by atoms with E-state index in [4.69, 9.17) is 4.74 Å². The largest absolute Gasteiger partial charge is 0.481 e. The zero-order chi connectivity index (χ0) is 22.5. The fraction of sp³-hybridized carbons (Fsp3) is 0.435. The molecule has 0 aliphatic heterocycles. The third kappa shape index (κ3) is 5.98. The highest BCUT2D eigenvalue weighted by atomic mass is 32.2. The second-order valence-electron chi connectivity index (χ2n) is 7.55. The summed E-state index contributed by atoms with van der Waals surface area (Å²) < 4.78 is 30.4. The molecule has 30 heavy (non-hydrogen) atoms. The number of carbonyl (C=O) groups excluding carboxylic acids is 1. The fourth-order valence-corrected chi connectivity index (χ4v) is 3.58. The molecule has 2 rings (SSSR count). The molecule has 2 atom stereocenters. The van der Waals surface area contributed by atoms with Gasteiger partial charge in [-0.2, -0.15) is 0 Å². The highest BCUT2D eigenvalue weighted by molar-refractivity contribution is 7.92. The molecule has 164 valence electrons. The van der Waals surface area contributed by atoms with Crippen LogP contribution in [0.4, 0.5) is 5.69 Å². The number of nitrogens with zero attached hydrogens (tertiary/aromatic N) is 1. The maximum atomic E-state index is 12.9. The van der Waals surface area contributed by atoms with Crippen molar-refractivity contribution < 1.29 is 17.9 Å². The van der Waals surface area contributed by atoms with Crippen LogP contribution < -0.4 is 14.4 Å². The highest BCUT2D eigenvalue weighted by Gasteiger charge is 2.22. The lowest BCUT2D eigenvalue weighted by Gasteiger charge is -2.23. The van der Waals surface area contributed by atoms with E-state index in [2.05, 4.69) is 37.4 Å². The summed E-state index contributed by atoms with van der Waals surface area (Å²) in [6.07, 6.45) is 1.80. The van der Waals surface area contributed by atoms with E-state index in [0.29, 0.717) is 17.9 Å². The van der Waals surface area contributed by atoms with E-state index in [9.17, 15) is 13.2 Å². The molecule has 2 aromatic carbocycles. The van der Waals surface area contributed by atoms with Crippen LogP contribution >= 0.6 is 0 Å². The van der Waals surface area contributed by atoms with Gasteiger partial charge in [0.25, 0.3) is 5.91 Å². The maximum absolute atomic E-state index is 12.9. The predicted octanol–water partition coefficient (Wildman–Crippen LogP) is 4.12. The number of carbonyl (C=O) groups is 1. The molecule has 0 spiro atoms. The number of rotatable bonds is 9. The number of nitrogens with one attached hydrogen (secondary N) is 1. The van der Waals surface area contributed by atoms with Crippen LogP contribution in [0.25, 0.3) is 0 Å². The third-order valence-electron chi connectivity index (χ3n) is 5.30. The molecule has 6 nitrogen and oxygen atoms in total. The molecule has 2 unspecified atom stereocenters. The standard InChI is InChI=1S/C23H32N2O4S/c1-7-21(18-10-9-16(3)17(4)15-18)24-23(26)22(8-2)29-20-13-11-19(12-14-20)25(5)30(6,27)28/h9-15,21-22H,7-8H2,1-6H3,(H,24,26). The molecule has 1 amide bonds. The van der Waals surface area contributed by atoms with E-state index in [-0.39, 0.29) is 11.9 Å². The average Bonchev–Trinajstić information content (AvgIpc) is 2.71. The molecule has 1 N–H and O–H groups in total. The van der Waals surface area contributed by atoms with Gasteiger partial charge in [-0.25, -0.2) is 8.42 Å². The molecule has 0 heterocycles. The van der Waals surface area contributed by atoms with Gasteiger partial charge in [0.15, 0.2) is 6.10 Å². The van der Waals surface area contributed by atoms with Crippen LogP contribution in [0.5, 0.6) is 5.75 Å². The highest BCUT2D eigenvalue weighted by Crippen LogP contribution is 2.23. The summed E-state index contributed by atoms with van der Waals surface area (Å²) in [6, 6.07) is 12.8. The van der Waals surface area contributed by atoms with Gasteiger partial charge in [0.1, 0.15) is 5.75 Å². The van der Waals surface area contributed by atoms with Crippen molar-refractivity contribution in [3.63, 3.8) is 0 Å². The fourth-order valence-electron chi connectivity index (χ4n) is 3.08. The van der Waals surface area contributed by atoms with Crippen LogP contribution in [0.2, 0.25) is 0 Å². The monoisotopic (exact) mass is 432 g/mol. The van der Waals surface area contributed by atoms with Gasteiger partial charge in [-0.15, -0.1) is 0 Å². The van der Waals surface area contributed by atoms with Crippen molar-refractivity contribution in [1.82, 2.24) is 5.32 Å². The minimum absolute atomic E-state index is 0.0831. The number of benzene rings is 2. The Morgan fingerprint density at radius 3 is 2.17 bits per heavy atom. The van der Waals surface area contributed by atoms with E-state index in [1.807, 2.05) is 13.8 Å².